The van der Waals surface area contributed by atoms with E-state index in [4.69, 9.17) is 4.74 Å². The average molecular weight is 437 g/mol. The number of anilines is 1. The Bertz CT molecular complexity index is 1150. The number of halogens is 3. The Hall–Kier alpha value is -3.53. The predicted octanol–water partition coefficient (Wildman–Crippen LogP) is 4.80. The molecule has 6 nitrogen and oxygen atoms in total. The van der Waals surface area contributed by atoms with Gasteiger partial charge in [0.25, 0.3) is 5.91 Å². The number of carbonyl (C=O) groups excluding carboxylic acids is 1. The lowest BCUT2D eigenvalue weighted by atomic mass is 10.0. The van der Waals surface area contributed by atoms with Gasteiger partial charge in [0.05, 0.1) is 19.8 Å². The fourth-order valence-electron chi connectivity index (χ4n) is 2.77. The number of carboxylic acids is 1. The Morgan fingerprint density at radius 2 is 1.80 bits per heavy atom. The molecule has 30 heavy (non-hydrogen) atoms. The quantitative estimate of drug-likeness (QED) is 0.541. The molecule has 0 radical (unpaired) electrons. The van der Waals surface area contributed by atoms with Crippen molar-refractivity contribution in [2.45, 2.75) is 0 Å². The number of amides is 1. The van der Waals surface area contributed by atoms with Gasteiger partial charge in [0.15, 0.2) is 17.4 Å². The standard InChI is InChI=1S/C20H14F3NO5S/c1-28-10-5-3-4-9(6-10)12-8-30-19(14(12)20(26)27)24-18(25)11-7-13(21)17(29-2)16(23)15(11)22/h3-8H,1-2H3,(H,24,25)(H,26,27). The lowest BCUT2D eigenvalue weighted by Crippen LogP contribution is -2.17. The molecule has 0 saturated heterocycles. The molecule has 0 saturated carbocycles. The Morgan fingerprint density at radius 3 is 2.43 bits per heavy atom. The molecule has 0 spiro atoms. The minimum atomic E-state index is -1.66. The van der Waals surface area contributed by atoms with Gasteiger partial charge in [-0.1, -0.05) is 12.1 Å². The van der Waals surface area contributed by atoms with E-state index in [1.165, 1.54) is 12.5 Å². The van der Waals surface area contributed by atoms with Crippen LogP contribution in [0.5, 0.6) is 11.5 Å². The third-order valence-electron chi connectivity index (χ3n) is 4.18. The molecule has 2 aromatic carbocycles. The fraction of sp³-hybridized carbons (Fsp3) is 0.100. The monoisotopic (exact) mass is 437 g/mol. The highest BCUT2D eigenvalue weighted by Crippen LogP contribution is 2.37. The molecular weight excluding hydrogens is 423 g/mol. The SMILES string of the molecule is COc1cccc(-c2csc(NC(=O)c3cc(F)c(OC)c(F)c3F)c2C(=O)O)c1. The van der Waals surface area contributed by atoms with Gasteiger partial charge in [-0.15, -0.1) is 11.3 Å². The van der Waals surface area contributed by atoms with Gasteiger partial charge in [-0.3, -0.25) is 4.79 Å². The number of rotatable bonds is 6. The van der Waals surface area contributed by atoms with Crippen LogP contribution in [0.15, 0.2) is 35.7 Å². The maximum atomic E-state index is 14.2. The van der Waals surface area contributed by atoms with Gasteiger partial charge in [-0.05, 0) is 23.8 Å². The van der Waals surface area contributed by atoms with Gasteiger partial charge in [-0.2, -0.15) is 4.39 Å². The highest BCUT2D eigenvalue weighted by atomic mass is 32.1. The second-order valence-corrected chi connectivity index (χ2v) is 6.79. The first-order valence-electron chi connectivity index (χ1n) is 8.30. The van der Waals surface area contributed by atoms with Gasteiger partial charge in [-0.25, -0.2) is 13.6 Å². The van der Waals surface area contributed by atoms with Crippen molar-refractivity contribution in [1.29, 1.82) is 0 Å². The zero-order valence-electron chi connectivity index (χ0n) is 15.6. The van der Waals surface area contributed by atoms with Gasteiger partial charge in [0.1, 0.15) is 16.3 Å². The summed E-state index contributed by atoms with van der Waals surface area (Å²) in [5.41, 5.74) is -0.389. The Balaban J connectivity index is 2.01. The molecule has 0 atom stereocenters. The van der Waals surface area contributed by atoms with Crippen molar-refractivity contribution in [1.82, 2.24) is 0 Å². The molecule has 1 amide bonds. The molecule has 2 N–H and O–H groups in total. The van der Waals surface area contributed by atoms with E-state index >= 15 is 0 Å². The van der Waals surface area contributed by atoms with Crippen LogP contribution in [0, 0.1) is 17.5 Å². The summed E-state index contributed by atoms with van der Waals surface area (Å²) < 4.78 is 51.5. The summed E-state index contributed by atoms with van der Waals surface area (Å²) in [6, 6.07) is 7.07. The zero-order chi connectivity index (χ0) is 22.0. The van der Waals surface area contributed by atoms with Crippen LogP contribution in [0.2, 0.25) is 0 Å². The molecule has 1 aromatic heterocycles. The van der Waals surface area contributed by atoms with Gasteiger partial charge in [0, 0.05) is 10.9 Å². The number of hydrogen-bond acceptors (Lipinski definition) is 5. The normalized spacial score (nSPS) is 10.6. The predicted molar refractivity (Wildman–Crippen MR) is 104 cm³/mol. The minimum Gasteiger partial charge on any atom is -0.497 e. The molecule has 0 fully saturated rings. The molecule has 3 rings (SSSR count). The maximum Gasteiger partial charge on any atom is 0.339 e. The van der Waals surface area contributed by atoms with Crippen molar-refractivity contribution in [3.8, 4) is 22.6 Å². The fourth-order valence-corrected chi connectivity index (χ4v) is 3.72. The number of carbonyl (C=O) groups is 2. The van der Waals surface area contributed by atoms with Crippen molar-refractivity contribution in [3.05, 3.63) is 64.3 Å². The summed E-state index contributed by atoms with van der Waals surface area (Å²) in [5, 5.41) is 13.2. The van der Waals surface area contributed by atoms with Crippen LogP contribution < -0.4 is 14.8 Å². The Labute approximate surface area is 172 Å². The molecule has 0 bridgehead atoms. The summed E-state index contributed by atoms with van der Waals surface area (Å²) in [6.45, 7) is 0. The van der Waals surface area contributed by atoms with E-state index in [1.54, 1.807) is 24.3 Å². The molecule has 156 valence electrons. The first-order chi connectivity index (χ1) is 14.3. The Kier molecular flexibility index (Phi) is 5.97. The summed E-state index contributed by atoms with van der Waals surface area (Å²) in [4.78, 5) is 24.3. The Morgan fingerprint density at radius 1 is 1.07 bits per heavy atom. The van der Waals surface area contributed by atoms with Crippen LogP contribution in [-0.2, 0) is 0 Å². The van der Waals surface area contributed by atoms with Crippen molar-refractivity contribution >= 4 is 28.2 Å². The topological polar surface area (TPSA) is 84.9 Å². The number of benzene rings is 2. The first-order valence-corrected chi connectivity index (χ1v) is 9.18. The number of hydrogen-bond donors (Lipinski definition) is 2. The van der Waals surface area contributed by atoms with Crippen LogP contribution in [-0.4, -0.2) is 31.2 Å². The number of carboxylic acid groups (broad SMARTS) is 1. The molecular formula is C20H14F3NO5S. The van der Waals surface area contributed by atoms with Crippen molar-refractivity contribution in [3.63, 3.8) is 0 Å². The average Bonchev–Trinajstić information content (AvgIpc) is 3.14. The van der Waals surface area contributed by atoms with E-state index in [1.807, 2.05) is 0 Å². The van der Waals surface area contributed by atoms with Crippen LogP contribution in [0.3, 0.4) is 0 Å². The lowest BCUT2D eigenvalue weighted by molar-refractivity contribution is 0.0699. The lowest BCUT2D eigenvalue weighted by Gasteiger charge is -2.10. The third kappa shape index (κ3) is 3.81. The second kappa shape index (κ2) is 8.46. The zero-order valence-corrected chi connectivity index (χ0v) is 16.4. The van der Waals surface area contributed by atoms with Crippen LogP contribution in [0.25, 0.3) is 11.1 Å². The molecule has 0 unspecified atom stereocenters. The van der Waals surface area contributed by atoms with Crippen LogP contribution >= 0.6 is 11.3 Å². The number of nitrogens with one attached hydrogen (secondary N) is 1. The van der Waals surface area contributed by atoms with Crippen LogP contribution in [0.4, 0.5) is 18.2 Å². The molecule has 3 aromatic rings. The molecule has 0 aliphatic heterocycles. The van der Waals surface area contributed by atoms with E-state index in [-0.39, 0.29) is 16.1 Å². The summed E-state index contributed by atoms with van der Waals surface area (Å²) in [6.07, 6.45) is 0. The minimum absolute atomic E-state index is 0.124. The smallest absolute Gasteiger partial charge is 0.339 e. The number of aromatic carboxylic acids is 1. The third-order valence-corrected chi connectivity index (χ3v) is 5.07. The molecule has 0 aliphatic rings. The molecule has 1 heterocycles. The summed E-state index contributed by atoms with van der Waals surface area (Å²) in [7, 11) is 2.41. The second-order valence-electron chi connectivity index (χ2n) is 5.91. The summed E-state index contributed by atoms with van der Waals surface area (Å²) in [5.74, 6) is -7.59. The maximum absolute atomic E-state index is 14.2. The van der Waals surface area contributed by atoms with E-state index < -0.39 is 40.6 Å². The highest BCUT2D eigenvalue weighted by molar-refractivity contribution is 7.15. The number of thiophene rings is 1. The molecule has 10 heteroatoms. The van der Waals surface area contributed by atoms with E-state index in [9.17, 15) is 27.9 Å². The van der Waals surface area contributed by atoms with Crippen molar-refractivity contribution in [2.75, 3.05) is 19.5 Å². The number of ether oxygens (including phenoxy) is 2. The van der Waals surface area contributed by atoms with E-state index in [2.05, 4.69) is 10.1 Å². The van der Waals surface area contributed by atoms with Gasteiger partial charge >= 0.3 is 5.97 Å². The van der Waals surface area contributed by atoms with E-state index in [0.29, 0.717) is 17.4 Å². The first kappa shape index (κ1) is 21.2. The number of methoxy groups -OCH3 is 2. The van der Waals surface area contributed by atoms with Crippen LogP contribution in [0.1, 0.15) is 20.7 Å². The van der Waals surface area contributed by atoms with Gasteiger partial charge in [0.2, 0.25) is 5.82 Å². The van der Waals surface area contributed by atoms with E-state index in [0.717, 1.165) is 18.4 Å². The largest absolute Gasteiger partial charge is 0.497 e. The molecule has 0 aliphatic carbocycles. The van der Waals surface area contributed by atoms with Crippen molar-refractivity contribution in [2.24, 2.45) is 0 Å². The highest BCUT2D eigenvalue weighted by Gasteiger charge is 2.26. The van der Waals surface area contributed by atoms with Gasteiger partial charge < -0.3 is 19.9 Å². The van der Waals surface area contributed by atoms with Crippen molar-refractivity contribution < 1.29 is 37.3 Å². The summed E-state index contributed by atoms with van der Waals surface area (Å²) >= 11 is 0.869.